The SMILES string of the molecule is CC1=CC(=CN=Nc2cc(Cl)c(-c3cc(Cl)c(N=NC=C4C=C(C(C)(C)C)C(=O)C(C(C)(C)C)=C4)cc3Cl)cc2Cl)C=C(C)C1=O. The minimum absolute atomic E-state index is 0.00384. The monoisotopic (exact) mass is 694 g/mol. The number of ketones is 2. The van der Waals surface area contributed by atoms with Gasteiger partial charge in [0, 0.05) is 22.3 Å². The summed E-state index contributed by atoms with van der Waals surface area (Å²) in [5.41, 5.74) is 5.36. The smallest absolute Gasteiger partial charge is 0.186 e. The highest BCUT2D eigenvalue weighted by Gasteiger charge is 2.34. The van der Waals surface area contributed by atoms with Gasteiger partial charge in [-0.1, -0.05) is 87.9 Å². The normalized spacial score (nSPS) is 16.2. The van der Waals surface area contributed by atoms with Crippen LogP contribution in [0.3, 0.4) is 0 Å². The number of carbonyl (C=O) groups is 2. The first-order valence-corrected chi connectivity index (χ1v) is 16.0. The molecule has 0 atom stereocenters. The lowest BCUT2D eigenvalue weighted by Crippen LogP contribution is -2.27. The molecule has 10 heteroatoms. The predicted molar refractivity (Wildman–Crippen MR) is 190 cm³/mol. The van der Waals surface area contributed by atoms with Gasteiger partial charge in [0.25, 0.3) is 0 Å². The van der Waals surface area contributed by atoms with E-state index in [4.69, 9.17) is 46.4 Å². The molecule has 46 heavy (non-hydrogen) atoms. The first-order chi connectivity index (χ1) is 21.4. The van der Waals surface area contributed by atoms with Crippen LogP contribution in [0.5, 0.6) is 0 Å². The Morgan fingerprint density at radius 1 is 0.543 bits per heavy atom. The molecule has 0 saturated carbocycles. The van der Waals surface area contributed by atoms with Gasteiger partial charge in [0.05, 0.1) is 32.5 Å². The Morgan fingerprint density at radius 3 is 1.28 bits per heavy atom. The molecule has 0 aliphatic heterocycles. The summed E-state index contributed by atoms with van der Waals surface area (Å²) in [6.07, 6.45) is 10.4. The molecule has 0 saturated heterocycles. The first kappa shape index (κ1) is 35.4. The van der Waals surface area contributed by atoms with E-state index >= 15 is 0 Å². The number of allylic oxidation sites excluding steroid dienone is 10. The van der Waals surface area contributed by atoms with Crippen LogP contribution in [-0.4, -0.2) is 11.6 Å². The van der Waals surface area contributed by atoms with Crippen molar-refractivity contribution >= 4 is 69.3 Å². The maximum absolute atomic E-state index is 13.2. The highest BCUT2D eigenvalue weighted by Crippen LogP contribution is 2.43. The third-order valence-corrected chi connectivity index (χ3v) is 8.55. The number of rotatable bonds is 5. The topological polar surface area (TPSA) is 83.6 Å². The molecular formula is C36H34Cl4N4O2. The highest BCUT2D eigenvalue weighted by atomic mass is 35.5. The van der Waals surface area contributed by atoms with E-state index in [2.05, 4.69) is 20.5 Å². The van der Waals surface area contributed by atoms with E-state index in [9.17, 15) is 9.59 Å². The van der Waals surface area contributed by atoms with Crippen LogP contribution in [0.15, 0.2) is 115 Å². The van der Waals surface area contributed by atoms with Crippen molar-refractivity contribution in [3.8, 4) is 11.1 Å². The van der Waals surface area contributed by atoms with Gasteiger partial charge in [-0.2, -0.15) is 10.2 Å². The Hall–Kier alpha value is -3.42. The van der Waals surface area contributed by atoms with Gasteiger partial charge in [0.2, 0.25) is 0 Å². The quantitative estimate of drug-likeness (QED) is 0.292. The van der Waals surface area contributed by atoms with Gasteiger partial charge in [-0.05, 0) is 95.5 Å². The van der Waals surface area contributed by atoms with Gasteiger partial charge in [-0.25, -0.2) is 0 Å². The number of benzene rings is 2. The Morgan fingerprint density at radius 2 is 0.913 bits per heavy atom. The summed E-state index contributed by atoms with van der Waals surface area (Å²) in [6, 6.07) is 6.48. The Kier molecular flexibility index (Phi) is 10.6. The second-order valence-corrected chi connectivity index (χ2v) is 14.8. The zero-order valence-electron chi connectivity index (χ0n) is 26.9. The second-order valence-electron chi connectivity index (χ2n) is 13.2. The average molecular weight is 697 g/mol. The molecule has 2 aromatic rings. The lowest BCUT2D eigenvalue weighted by atomic mass is 9.72. The second kappa shape index (κ2) is 13.7. The molecule has 6 nitrogen and oxygen atoms in total. The molecule has 238 valence electrons. The molecule has 0 heterocycles. The minimum atomic E-state index is -0.335. The van der Waals surface area contributed by atoms with Crippen molar-refractivity contribution in [2.75, 3.05) is 0 Å². The molecule has 2 aliphatic rings. The number of carbonyl (C=O) groups excluding carboxylic acids is 2. The van der Waals surface area contributed by atoms with Crippen LogP contribution in [0.4, 0.5) is 11.4 Å². The molecule has 0 unspecified atom stereocenters. The van der Waals surface area contributed by atoms with Crippen molar-refractivity contribution in [2.45, 2.75) is 55.4 Å². The van der Waals surface area contributed by atoms with Crippen molar-refractivity contribution in [1.82, 2.24) is 0 Å². The molecule has 0 spiro atoms. The van der Waals surface area contributed by atoms with E-state index in [0.29, 0.717) is 64.9 Å². The average Bonchev–Trinajstić information content (AvgIpc) is 2.94. The molecule has 0 bridgehead atoms. The number of Topliss-reactive ketones (excluding diaryl/α,β-unsaturated/α-hetero) is 2. The molecule has 0 fully saturated rings. The van der Waals surface area contributed by atoms with Crippen LogP contribution in [0.1, 0.15) is 55.4 Å². The number of azo groups is 2. The molecule has 2 aliphatic carbocycles. The molecule has 0 N–H and O–H groups in total. The summed E-state index contributed by atoms with van der Waals surface area (Å²) in [7, 11) is 0. The zero-order valence-corrected chi connectivity index (χ0v) is 29.9. The van der Waals surface area contributed by atoms with Crippen molar-refractivity contribution < 1.29 is 9.59 Å². The molecule has 2 aromatic carbocycles. The number of halogens is 4. The molecule has 0 radical (unpaired) electrons. The summed E-state index contributed by atoms with van der Waals surface area (Å²) in [5.74, 6) is 0.0500. The van der Waals surface area contributed by atoms with Crippen molar-refractivity contribution in [3.63, 3.8) is 0 Å². The third kappa shape index (κ3) is 8.10. The number of hydrogen-bond acceptors (Lipinski definition) is 6. The Balaban J connectivity index is 1.60. The molecule has 0 aromatic heterocycles. The standard InChI is InChI=1S/C36H34Cl4N4O2/c1-19-9-21(10-20(2)33(19)45)17-41-43-31-15-27(37)23(13-29(31)39)24-14-30(40)32(16-28(24)38)44-42-18-22-11-25(35(3,4)5)34(46)26(12-22)36(6,7)8/h9-18H,1-8H3. The van der Waals surface area contributed by atoms with Gasteiger partial charge in [-0.15, -0.1) is 10.2 Å². The van der Waals surface area contributed by atoms with Crippen LogP contribution in [0.25, 0.3) is 11.1 Å². The van der Waals surface area contributed by atoms with E-state index in [-0.39, 0.29) is 22.4 Å². The Labute approximate surface area is 290 Å². The van der Waals surface area contributed by atoms with E-state index in [1.165, 1.54) is 0 Å². The molecular weight excluding hydrogens is 662 g/mol. The van der Waals surface area contributed by atoms with Gasteiger partial charge in [-0.3, -0.25) is 9.59 Å². The zero-order chi connectivity index (χ0) is 34.1. The summed E-state index contributed by atoms with van der Waals surface area (Å²) in [5, 5.41) is 18.2. The van der Waals surface area contributed by atoms with Crippen molar-refractivity contribution in [3.05, 3.63) is 114 Å². The highest BCUT2D eigenvalue weighted by molar-refractivity contribution is 6.40. The van der Waals surface area contributed by atoms with E-state index < -0.39 is 0 Å². The Bertz CT molecular complexity index is 1830. The fourth-order valence-corrected chi connectivity index (χ4v) is 5.77. The maximum Gasteiger partial charge on any atom is 0.186 e. The predicted octanol–water partition coefficient (Wildman–Crippen LogP) is 12.9. The fraction of sp³-hybridized carbons (Fsp3) is 0.278. The summed E-state index contributed by atoms with van der Waals surface area (Å²) in [6.45, 7) is 15.6. The fourth-order valence-electron chi connectivity index (χ4n) is 4.85. The molecule has 4 rings (SSSR count). The van der Waals surface area contributed by atoms with Gasteiger partial charge >= 0.3 is 0 Å². The number of nitrogens with zero attached hydrogens (tertiary/aromatic N) is 4. The van der Waals surface area contributed by atoms with Crippen molar-refractivity contribution in [1.29, 1.82) is 0 Å². The first-order valence-electron chi connectivity index (χ1n) is 14.5. The lowest BCUT2D eigenvalue weighted by molar-refractivity contribution is -0.114. The summed E-state index contributed by atoms with van der Waals surface area (Å²) < 4.78 is 0. The number of hydrogen-bond donors (Lipinski definition) is 0. The third-order valence-electron chi connectivity index (χ3n) is 7.32. The van der Waals surface area contributed by atoms with Crippen LogP contribution < -0.4 is 0 Å². The van der Waals surface area contributed by atoms with Crippen LogP contribution in [0, 0.1) is 10.8 Å². The van der Waals surface area contributed by atoms with Gasteiger partial charge < -0.3 is 0 Å². The summed E-state index contributed by atoms with van der Waals surface area (Å²) in [4.78, 5) is 25.2. The van der Waals surface area contributed by atoms with E-state index in [1.807, 2.05) is 53.7 Å². The van der Waals surface area contributed by atoms with Gasteiger partial charge in [0.15, 0.2) is 11.6 Å². The van der Waals surface area contributed by atoms with Gasteiger partial charge in [0.1, 0.15) is 11.4 Å². The van der Waals surface area contributed by atoms with Crippen molar-refractivity contribution in [2.24, 2.45) is 31.3 Å². The largest absolute Gasteiger partial charge is 0.289 e. The minimum Gasteiger partial charge on any atom is -0.289 e. The summed E-state index contributed by atoms with van der Waals surface area (Å²) >= 11 is 26.4. The van der Waals surface area contributed by atoms with E-state index in [1.54, 1.807) is 62.7 Å². The maximum atomic E-state index is 13.2. The molecule has 0 amide bonds. The lowest BCUT2D eigenvalue weighted by Gasteiger charge is -2.31. The van der Waals surface area contributed by atoms with Crippen LogP contribution in [0.2, 0.25) is 20.1 Å². The van der Waals surface area contributed by atoms with Crippen LogP contribution >= 0.6 is 46.4 Å². The van der Waals surface area contributed by atoms with Crippen LogP contribution in [-0.2, 0) is 9.59 Å². The van der Waals surface area contributed by atoms with E-state index in [0.717, 1.165) is 11.1 Å².